The van der Waals surface area contributed by atoms with Crippen molar-refractivity contribution in [1.29, 1.82) is 0 Å². The van der Waals surface area contributed by atoms with Crippen LogP contribution < -0.4 is 5.32 Å². The van der Waals surface area contributed by atoms with E-state index < -0.39 is 0 Å². The third-order valence-corrected chi connectivity index (χ3v) is 5.41. The number of nitrogens with one attached hydrogen (secondary N) is 1. The molecule has 0 aliphatic heterocycles. The molecule has 1 fully saturated rings. The lowest BCUT2D eigenvalue weighted by atomic mass is 9.63. The highest BCUT2D eigenvalue weighted by Gasteiger charge is 2.39. The second-order valence-electron chi connectivity index (χ2n) is 8.71. The fourth-order valence-electron chi connectivity index (χ4n) is 5.01. The Hall–Kier alpha value is -0.530. The molecule has 116 valence electrons. The first-order valence-electron chi connectivity index (χ1n) is 8.29. The summed E-state index contributed by atoms with van der Waals surface area (Å²) in [7, 11) is 0. The zero-order chi connectivity index (χ0) is 15.3. The fourth-order valence-corrected chi connectivity index (χ4v) is 5.20. The Labute approximate surface area is 134 Å². The Kier molecular flexibility index (Phi) is 3.86. The molecule has 3 rings (SSSR count). The highest BCUT2D eigenvalue weighted by molar-refractivity contribution is 6.30. The third-order valence-electron chi connectivity index (χ3n) is 5.17. The summed E-state index contributed by atoms with van der Waals surface area (Å²) in [4.78, 5) is 0. The number of rotatable bonds is 2. The van der Waals surface area contributed by atoms with Gasteiger partial charge < -0.3 is 5.32 Å². The van der Waals surface area contributed by atoms with Gasteiger partial charge in [-0.05, 0) is 66.2 Å². The molecule has 1 unspecified atom stereocenters. The molecule has 0 aromatic heterocycles. The maximum atomic E-state index is 6.12. The van der Waals surface area contributed by atoms with Gasteiger partial charge in [-0.25, -0.2) is 0 Å². The van der Waals surface area contributed by atoms with E-state index in [-0.39, 0.29) is 0 Å². The van der Waals surface area contributed by atoms with Gasteiger partial charge in [0, 0.05) is 17.1 Å². The van der Waals surface area contributed by atoms with Crippen LogP contribution in [0.25, 0.3) is 0 Å². The SMILES string of the molecule is CC1(C)CC(NC2CCc3cc(Cl)ccc32)CC(C)(C)C1. The van der Waals surface area contributed by atoms with Crippen molar-refractivity contribution in [3.63, 3.8) is 0 Å². The largest absolute Gasteiger partial charge is 0.307 e. The van der Waals surface area contributed by atoms with Crippen LogP contribution in [0.4, 0.5) is 0 Å². The molecule has 0 amide bonds. The lowest BCUT2D eigenvalue weighted by Crippen LogP contribution is -2.44. The van der Waals surface area contributed by atoms with Crippen molar-refractivity contribution in [1.82, 2.24) is 5.32 Å². The van der Waals surface area contributed by atoms with Crippen LogP contribution in [-0.2, 0) is 6.42 Å². The van der Waals surface area contributed by atoms with Crippen molar-refractivity contribution in [2.24, 2.45) is 10.8 Å². The molecular formula is C19H28ClN. The van der Waals surface area contributed by atoms with Crippen LogP contribution in [0.5, 0.6) is 0 Å². The minimum absolute atomic E-state index is 0.445. The number of aryl methyl sites for hydroxylation is 1. The summed E-state index contributed by atoms with van der Waals surface area (Å²) in [5.41, 5.74) is 3.80. The second kappa shape index (κ2) is 5.28. The molecule has 0 spiro atoms. The molecule has 21 heavy (non-hydrogen) atoms. The van der Waals surface area contributed by atoms with Crippen molar-refractivity contribution in [2.75, 3.05) is 0 Å². The van der Waals surface area contributed by atoms with Crippen molar-refractivity contribution in [3.8, 4) is 0 Å². The Balaban J connectivity index is 1.74. The predicted octanol–water partition coefficient (Wildman–Crippen LogP) is 5.52. The van der Waals surface area contributed by atoms with Crippen molar-refractivity contribution in [2.45, 2.75) is 71.9 Å². The Morgan fingerprint density at radius 2 is 1.76 bits per heavy atom. The lowest BCUT2D eigenvalue weighted by Gasteiger charge is -2.46. The van der Waals surface area contributed by atoms with Gasteiger partial charge in [0.15, 0.2) is 0 Å². The molecule has 2 aliphatic carbocycles. The molecule has 1 atom stereocenters. The molecule has 0 heterocycles. The molecule has 0 saturated heterocycles. The molecule has 1 nitrogen and oxygen atoms in total. The van der Waals surface area contributed by atoms with Crippen molar-refractivity contribution in [3.05, 3.63) is 34.3 Å². The third kappa shape index (κ3) is 3.46. The smallest absolute Gasteiger partial charge is 0.0408 e. The van der Waals surface area contributed by atoms with Gasteiger partial charge in [-0.2, -0.15) is 0 Å². The van der Waals surface area contributed by atoms with E-state index in [0.717, 1.165) is 11.4 Å². The number of hydrogen-bond acceptors (Lipinski definition) is 1. The van der Waals surface area contributed by atoms with E-state index in [2.05, 4.69) is 45.1 Å². The van der Waals surface area contributed by atoms with Gasteiger partial charge in [0.2, 0.25) is 0 Å². The molecule has 1 saturated carbocycles. The Morgan fingerprint density at radius 1 is 1.10 bits per heavy atom. The molecular weight excluding hydrogens is 278 g/mol. The minimum atomic E-state index is 0.445. The summed E-state index contributed by atoms with van der Waals surface area (Å²) < 4.78 is 0. The van der Waals surface area contributed by atoms with Crippen LogP contribution in [0.1, 0.15) is 70.5 Å². The van der Waals surface area contributed by atoms with Crippen molar-refractivity contribution < 1.29 is 0 Å². The Morgan fingerprint density at radius 3 is 2.43 bits per heavy atom. The normalized spacial score (nSPS) is 27.6. The van der Waals surface area contributed by atoms with E-state index >= 15 is 0 Å². The summed E-state index contributed by atoms with van der Waals surface area (Å²) in [6.07, 6.45) is 6.28. The predicted molar refractivity (Wildman–Crippen MR) is 90.9 cm³/mol. The van der Waals surface area contributed by atoms with Crippen molar-refractivity contribution >= 4 is 11.6 Å². The maximum Gasteiger partial charge on any atom is 0.0408 e. The summed E-state index contributed by atoms with van der Waals surface area (Å²) >= 11 is 6.12. The van der Waals surface area contributed by atoms with E-state index in [0.29, 0.717) is 22.9 Å². The fraction of sp³-hybridized carbons (Fsp3) is 0.684. The number of fused-ring (bicyclic) bond motifs is 1. The van der Waals surface area contributed by atoms with Crippen LogP contribution in [0.2, 0.25) is 5.02 Å². The standard InChI is InChI=1S/C19H28ClN/c1-18(2)10-15(11-19(3,4)12-18)21-17-8-5-13-9-14(20)6-7-16(13)17/h6-7,9,15,17,21H,5,8,10-12H2,1-4H3. The van der Waals surface area contributed by atoms with E-state index in [1.54, 1.807) is 0 Å². The average molecular weight is 306 g/mol. The second-order valence-corrected chi connectivity index (χ2v) is 9.15. The maximum absolute atomic E-state index is 6.12. The Bertz CT molecular complexity index is 516. The van der Waals surface area contributed by atoms with E-state index in [4.69, 9.17) is 11.6 Å². The van der Waals surface area contributed by atoms with Crippen LogP contribution >= 0.6 is 11.6 Å². The van der Waals surface area contributed by atoms with Gasteiger partial charge in [-0.15, -0.1) is 0 Å². The first-order valence-corrected chi connectivity index (χ1v) is 8.66. The first kappa shape index (κ1) is 15.4. The molecule has 0 radical (unpaired) electrons. The van der Waals surface area contributed by atoms with E-state index in [9.17, 15) is 0 Å². The molecule has 1 N–H and O–H groups in total. The lowest BCUT2D eigenvalue weighted by molar-refractivity contribution is 0.0802. The molecule has 2 heteroatoms. The number of hydrogen-bond donors (Lipinski definition) is 1. The highest BCUT2D eigenvalue weighted by Crippen LogP contribution is 2.46. The number of benzene rings is 1. The highest BCUT2D eigenvalue weighted by atomic mass is 35.5. The molecule has 1 aromatic carbocycles. The van der Waals surface area contributed by atoms with Gasteiger partial charge >= 0.3 is 0 Å². The van der Waals surface area contributed by atoms with Gasteiger partial charge in [0.05, 0.1) is 0 Å². The van der Waals surface area contributed by atoms with Crippen LogP contribution in [-0.4, -0.2) is 6.04 Å². The van der Waals surface area contributed by atoms with Crippen LogP contribution in [0, 0.1) is 10.8 Å². The minimum Gasteiger partial charge on any atom is -0.307 e. The quantitative estimate of drug-likeness (QED) is 0.758. The first-order chi connectivity index (χ1) is 9.74. The van der Waals surface area contributed by atoms with E-state index in [1.165, 1.54) is 36.8 Å². The summed E-state index contributed by atoms with van der Waals surface area (Å²) in [5.74, 6) is 0. The zero-order valence-electron chi connectivity index (χ0n) is 13.8. The molecule has 0 bridgehead atoms. The average Bonchev–Trinajstić information content (AvgIpc) is 2.67. The topological polar surface area (TPSA) is 12.0 Å². The van der Waals surface area contributed by atoms with Gasteiger partial charge in [-0.3, -0.25) is 0 Å². The van der Waals surface area contributed by atoms with Gasteiger partial charge in [-0.1, -0.05) is 45.4 Å². The molecule has 1 aromatic rings. The van der Waals surface area contributed by atoms with Crippen LogP contribution in [0.15, 0.2) is 18.2 Å². The van der Waals surface area contributed by atoms with Gasteiger partial charge in [0.1, 0.15) is 0 Å². The number of halogens is 1. The zero-order valence-corrected chi connectivity index (χ0v) is 14.6. The van der Waals surface area contributed by atoms with Crippen LogP contribution in [0.3, 0.4) is 0 Å². The molecule has 2 aliphatic rings. The van der Waals surface area contributed by atoms with E-state index in [1.807, 2.05) is 6.07 Å². The monoisotopic (exact) mass is 305 g/mol. The summed E-state index contributed by atoms with van der Waals surface area (Å²) in [6.45, 7) is 9.69. The summed E-state index contributed by atoms with van der Waals surface area (Å²) in [5, 5.41) is 4.83. The summed E-state index contributed by atoms with van der Waals surface area (Å²) in [6, 6.07) is 7.56. The van der Waals surface area contributed by atoms with Gasteiger partial charge in [0.25, 0.3) is 0 Å².